The summed E-state index contributed by atoms with van der Waals surface area (Å²) in [6, 6.07) is 29.2. The molecule has 3 aromatic rings. The van der Waals surface area contributed by atoms with Gasteiger partial charge in [0.15, 0.2) is 0 Å². The second-order valence-corrected chi connectivity index (χ2v) is 6.53. The van der Waals surface area contributed by atoms with Crippen molar-refractivity contribution < 1.29 is 0 Å². The lowest BCUT2D eigenvalue weighted by Gasteiger charge is -2.18. The Hall–Kier alpha value is -2.68. The summed E-state index contributed by atoms with van der Waals surface area (Å²) in [5, 5.41) is 3.84. The van der Waals surface area contributed by atoms with Crippen molar-refractivity contribution in [1.29, 1.82) is 0 Å². The van der Waals surface area contributed by atoms with Crippen LogP contribution in [0.4, 0.5) is 0 Å². The Morgan fingerprint density at radius 2 is 1.38 bits per heavy atom. The van der Waals surface area contributed by atoms with Gasteiger partial charge in [-0.3, -0.25) is 0 Å². The lowest BCUT2D eigenvalue weighted by Crippen LogP contribution is -1.97. The van der Waals surface area contributed by atoms with Crippen LogP contribution in [-0.2, 0) is 6.54 Å². The number of azide groups is 1. The second-order valence-electron chi connectivity index (χ2n) is 5.35. The first-order valence-electron chi connectivity index (χ1n) is 7.73. The maximum atomic E-state index is 8.44. The highest BCUT2D eigenvalue weighted by Crippen LogP contribution is 2.40. The zero-order chi connectivity index (χ0) is 16.6. The quantitative estimate of drug-likeness (QED) is 0.224. The monoisotopic (exact) mass is 331 g/mol. The summed E-state index contributed by atoms with van der Waals surface area (Å²) < 4.78 is 0. The maximum Gasteiger partial charge on any atom is 0.0593 e. The molecule has 0 aliphatic rings. The molecule has 0 saturated carbocycles. The third kappa shape index (κ3) is 4.19. The van der Waals surface area contributed by atoms with Crippen molar-refractivity contribution in [3.8, 4) is 0 Å². The Morgan fingerprint density at radius 1 is 0.792 bits per heavy atom. The van der Waals surface area contributed by atoms with Crippen molar-refractivity contribution in [2.24, 2.45) is 5.11 Å². The summed E-state index contributed by atoms with van der Waals surface area (Å²) in [6.07, 6.45) is 0. The van der Waals surface area contributed by atoms with E-state index in [1.54, 1.807) is 0 Å². The van der Waals surface area contributed by atoms with Crippen LogP contribution >= 0.6 is 11.8 Å². The average Bonchev–Trinajstić information content (AvgIpc) is 2.66. The van der Waals surface area contributed by atoms with Gasteiger partial charge in [-0.2, -0.15) is 0 Å². The second kappa shape index (κ2) is 8.25. The summed E-state index contributed by atoms with van der Waals surface area (Å²) in [7, 11) is 0. The minimum Gasteiger partial charge on any atom is -0.113 e. The summed E-state index contributed by atoms with van der Waals surface area (Å²) >= 11 is 1.84. The van der Waals surface area contributed by atoms with Crippen LogP contribution in [-0.4, -0.2) is 0 Å². The smallest absolute Gasteiger partial charge is 0.0593 e. The van der Waals surface area contributed by atoms with E-state index in [1.807, 2.05) is 36.0 Å². The van der Waals surface area contributed by atoms with Crippen LogP contribution in [0, 0.1) is 0 Å². The van der Waals surface area contributed by atoms with Gasteiger partial charge >= 0.3 is 0 Å². The van der Waals surface area contributed by atoms with Crippen LogP contribution in [0.15, 0.2) is 94.9 Å². The highest BCUT2D eigenvalue weighted by Gasteiger charge is 2.15. The fourth-order valence-corrected chi connectivity index (χ4v) is 3.68. The molecule has 0 aliphatic heterocycles. The standard InChI is InChI=1S/C20H17N3S/c21-23-22-15-16-11-13-18(14-12-16)20(17-7-3-1-4-8-17)24-19-9-5-2-6-10-19/h1-14,20H,15H2. The van der Waals surface area contributed by atoms with Crippen LogP contribution in [0.25, 0.3) is 10.4 Å². The molecule has 1 unspecified atom stereocenters. The molecule has 0 aromatic heterocycles. The molecule has 0 spiro atoms. The highest BCUT2D eigenvalue weighted by molar-refractivity contribution is 7.99. The van der Waals surface area contributed by atoms with Crippen LogP contribution in [0.2, 0.25) is 0 Å². The van der Waals surface area contributed by atoms with Crippen molar-refractivity contribution in [2.45, 2.75) is 16.7 Å². The molecule has 4 heteroatoms. The lowest BCUT2D eigenvalue weighted by atomic mass is 10.0. The van der Waals surface area contributed by atoms with Crippen molar-refractivity contribution in [3.05, 3.63) is 112 Å². The molecular weight excluding hydrogens is 314 g/mol. The number of nitrogens with zero attached hydrogens (tertiary/aromatic N) is 3. The predicted molar refractivity (Wildman–Crippen MR) is 99.9 cm³/mol. The Bertz CT molecular complexity index is 811. The molecule has 0 amide bonds. The number of hydrogen-bond acceptors (Lipinski definition) is 2. The summed E-state index contributed by atoms with van der Waals surface area (Å²) in [5.41, 5.74) is 12.0. The minimum atomic E-state index is 0.224. The minimum absolute atomic E-state index is 0.224. The summed E-state index contributed by atoms with van der Waals surface area (Å²) in [5.74, 6) is 0. The van der Waals surface area contributed by atoms with Crippen molar-refractivity contribution in [3.63, 3.8) is 0 Å². The molecule has 0 fully saturated rings. The molecule has 0 aliphatic carbocycles. The third-order valence-corrected chi connectivity index (χ3v) is 5.02. The Labute approximate surface area is 146 Å². The number of hydrogen-bond donors (Lipinski definition) is 0. The largest absolute Gasteiger partial charge is 0.113 e. The fourth-order valence-electron chi connectivity index (χ4n) is 2.50. The van der Waals surface area contributed by atoms with Crippen LogP contribution in [0.1, 0.15) is 21.9 Å². The van der Waals surface area contributed by atoms with Crippen LogP contribution in [0.3, 0.4) is 0 Å². The van der Waals surface area contributed by atoms with E-state index in [0.29, 0.717) is 6.54 Å². The van der Waals surface area contributed by atoms with Gasteiger partial charge < -0.3 is 0 Å². The van der Waals surface area contributed by atoms with Gasteiger partial charge in [-0.1, -0.05) is 77.9 Å². The maximum absolute atomic E-state index is 8.44. The van der Waals surface area contributed by atoms with Crippen LogP contribution in [0.5, 0.6) is 0 Å². The average molecular weight is 331 g/mol. The van der Waals surface area contributed by atoms with Gasteiger partial charge in [0.2, 0.25) is 0 Å². The molecule has 0 saturated heterocycles. The molecule has 0 bridgehead atoms. The third-order valence-electron chi connectivity index (χ3n) is 3.70. The first kappa shape index (κ1) is 16.2. The highest BCUT2D eigenvalue weighted by atomic mass is 32.2. The Balaban J connectivity index is 1.91. The molecular formula is C20H17N3S. The predicted octanol–water partition coefficient (Wildman–Crippen LogP) is 6.38. The van der Waals surface area contributed by atoms with Gasteiger partial charge in [0.25, 0.3) is 0 Å². The molecule has 1 atom stereocenters. The first-order valence-corrected chi connectivity index (χ1v) is 8.61. The van der Waals surface area contributed by atoms with Gasteiger partial charge in [-0.15, -0.1) is 11.8 Å². The summed E-state index contributed by atoms with van der Waals surface area (Å²) in [4.78, 5) is 4.05. The number of thioether (sulfide) groups is 1. The molecule has 3 nitrogen and oxygen atoms in total. The molecule has 118 valence electrons. The SMILES string of the molecule is [N-]=[N+]=NCc1ccc(C(Sc2ccccc2)c2ccccc2)cc1. The van der Waals surface area contributed by atoms with Crippen molar-refractivity contribution in [2.75, 3.05) is 0 Å². The van der Waals surface area contributed by atoms with E-state index in [2.05, 4.69) is 70.7 Å². The van der Waals surface area contributed by atoms with E-state index in [1.165, 1.54) is 16.0 Å². The zero-order valence-corrected chi connectivity index (χ0v) is 13.9. The molecule has 3 aromatic carbocycles. The Morgan fingerprint density at radius 3 is 2.00 bits per heavy atom. The van der Waals surface area contributed by atoms with Gasteiger partial charge in [-0.05, 0) is 34.4 Å². The van der Waals surface area contributed by atoms with Crippen molar-refractivity contribution in [1.82, 2.24) is 0 Å². The lowest BCUT2D eigenvalue weighted by molar-refractivity contribution is 1.04. The zero-order valence-electron chi connectivity index (χ0n) is 13.1. The van der Waals surface area contributed by atoms with E-state index in [0.717, 1.165) is 5.56 Å². The van der Waals surface area contributed by atoms with Gasteiger partial charge in [0, 0.05) is 9.81 Å². The van der Waals surface area contributed by atoms with E-state index in [9.17, 15) is 0 Å². The number of benzene rings is 3. The fraction of sp³-hybridized carbons (Fsp3) is 0.100. The van der Waals surface area contributed by atoms with Crippen LogP contribution < -0.4 is 0 Å². The topological polar surface area (TPSA) is 48.8 Å². The van der Waals surface area contributed by atoms with E-state index < -0.39 is 0 Å². The van der Waals surface area contributed by atoms with Gasteiger partial charge in [-0.25, -0.2) is 0 Å². The molecule has 0 heterocycles. The first-order chi connectivity index (χ1) is 11.9. The molecule has 3 rings (SSSR count). The summed E-state index contributed by atoms with van der Waals surface area (Å²) in [6.45, 7) is 0.388. The Kier molecular flexibility index (Phi) is 5.56. The molecule has 24 heavy (non-hydrogen) atoms. The normalized spacial score (nSPS) is 11.5. The van der Waals surface area contributed by atoms with E-state index in [-0.39, 0.29) is 5.25 Å². The van der Waals surface area contributed by atoms with Gasteiger partial charge in [0.1, 0.15) is 0 Å². The van der Waals surface area contributed by atoms with E-state index >= 15 is 0 Å². The van der Waals surface area contributed by atoms with E-state index in [4.69, 9.17) is 5.53 Å². The number of rotatable bonds is 6. The molecule has 0 N–H and O–H groups in total. The molecule has 0 radical (unpaired) electrons. The van der Waals surface area contributed by atoms with Gasteiger partial charge in [0.05, 0.1) is 11.8 Å². The van der Waals surface area contributed by atoms with Crippen molar-refractivity contribution >= 4 is 11.8 Å².